The van der Waals surface area contributed by atoms with Gasteiger partial charge in [0.2, 0.25) is 0 Å². The molecule has 0 amide bonds. The van der Waals surface area contributed by atoms with Crippen molar-refractivity contribution < 1.29 is 0 Å². The van der Waals surface area contributed by atoms with Crippen LogP contribution in [0.3, 0.4) is 0 Å². The van der Waals surface area contributed by atoms with Crippen LogP contribution < -0.4 is 0 Å². The van der Waals surface area contributed by atoms with Gasteiger partial charge in [-0.25, -0.2) is 4.98 Å². The van der Waals surface area contributed by atoms with Crippen molar-refractivity contribution in [1.29, 1.82) is 0 Å². The van der Waals surface area contributed by atoms with Gasteiger partial charge in [0.25, 0.3) is 0 Å². The molecule has 2 heteroatoms. The van der Waals surface area contributed by atoms with Gasteiger partial charge in [-0.15, -0.1) is 0 Å². The number of aromatic nitrogens is 2. The maximum atomic E-state index is 4.14. The van der Waals surface area contributed by atoms with E-state index in [0.29, 0.717) is 0 Å². The minimum absolute atomic E-state index is 0.883. The fourth-order valence-corrected chi connectivity index (χ4v) is 1.21. The van der Waals surface area contributed by atoms with Gasteiger partial charge in [0.05, 0.1) is 18.2 Å². The molecule has 0 spiro atoms. The standard InChI is InChI=1S/C10H9N2/c1-8-4-2-3-5-9(8)10-6-11-7-12-10/h2-5,7H,1H3,(H,11,12). The van der Waals surface area contributed by atoms with Crippen LogP contribution in [0.25, 0.3) is 11.3 Å². The minimum atomic E-state index is 0.883. The number of H-pyrrole nitrogens is 1. The average molecular weight is 157 g/mol. The molecule has 59 valence electrons. The van der Waals surface area contributed by atoms with Crippen molar-refractivity contribution in [3.63, 3.8) is 0 Å². The van der Waals surface area contributed by atoms with Gasteiger partial charge in [-0.05, 0) is 12.5 Å². The molecule has 12 heavy (non-hydrogen) atoms. The van der Waals surface area contributed by atoms with Crippen molar-refractivity contribution in [2.75, 3.05) is 0 Å². The highest BCUT2D eigenvalue weighted by Gasteiger charge is 2.01. The Morgan fingerprint density at radius 2 is 2.17 bits per heavy atom. The lowest BCUT2D eigenvalue weighted by Crippen LogP contribution is -1.81. The molecule has 0 bridgehead atoms. The lowest BCUT2D eigenvalue weighted by molar-refractivity contribution is 1.31. The van der Waals surface area contributed by atoms with Crippen LogP contribution in [0.2, 0.25) is 0 Å². The van der Waals surface area contributed by atoms with Crippen LogP contribution in [-0.4, -0.2) is 9.97 Å². The SMILES string of the molecule is Cc1ccccc1-c1[c][nH]cn1. The Morgan fingerprint density at radius 1 is 1.33 bits per heavy atom. The second-order valence-electron chi connectivity index (χ2n) is 2.69. The fourth-order valence-electron chi connectivity index (χ4n) is 1.21. The third-order valence-electron chi connectivity index (χ3n) is 1.85. The molecule has 1 N–H and O–H groups in total. The number of aryl methyl sites for hydroxylation is 1. The first kappa shape index (κ1) is 7.10. The fraction of sp³-hybridized carbons (Fsp3) is 0.100. The van der Waals surface area contributed by atoms with Crippen molar-refractivity contribution >= 4 is 0 Å². The molecular formula is C10H9N2. The van der Waals surface area contributed by atoms with Crippen molar-refractivity contribution in [2.45, 2.75) is 6.92 Å². The molecule has 0 aliphatic rings. The van der Waals surface area contributed by atoms with Crippen molar-refractivity contribution in [3.05, 3.63) is 42.4 Å². The van der Waals surface area contributed by atoms with Crippen LogP contribution in [0.5, 0.6) is 0 Å². The van der Waals surface area contributed by atoms with Crippen LogP contribution >= 0.6 is 0 Å². The minimum Gasteiger partial charge on any atom is -0.343 e. The number of hydrogen-bond acceptors (Lipinski definition) is 1. The van der Waals surface area contributed by atoms with Gasteiger partial charge in [0.15, 0.2) is 0 Å². The second-order valence-corrected chi connectivity index (χ2v) is 2.69. The summed E-state index contributed by atoms with van der Waals surface area (Å²) in [6.45, 7) is 2.07. The lowest BCUT2D eigenvalue weighted by atomic mass is 10.1. The monoisotopic (exact) mass is 157 g/mol. The van der Waals surface area contributed by atoms with Gasteiger partial charge in [0, 0.05) is 5.56 Å². The topological polar surface area (TPSA) is 28.7 Å². The zero-order valence-electron chi connectivity index (χ0n) is 6.83. The van der Waals surface area contributed by atoms with Crippen molar-refractivity contribution in [1.82, 2.24) is 9.97 Å². The quantitative estimate of drug-likeness (QED) is 0.675. The summed E-state index contributed by atoms with van der Waals surface area (Å²) in [4.78, 5) is 6.96. The number of imidazole rings is 1. The van der Waals surface area contributed by atoms with Crippen molar-refractivity contribution in [3.8, 4) is 11.3 Å². The van der Waals surface area contributed by atoms with E-state index >= 15 is 0 Å². The second kappa shape index (κ2) is 2.81. The van der Waals surface area contributed by atoms with Gasteiger partial charge >= 0.3 is 0 Å². The summed E-state index contributed by atoms with van der Waals surface area (Å²) < 4.78 is 0. The van der Waals surface area contributed by atoms with E-state index in [2.05, 4.69) is 29.2 Å². The zero-order chi connectivity index (χ0) is 8.39. The Morgan fingerprint density at radius 3 is 2.83 bits per heavy atom. The van der Waals surface area contributed by atoms with Crippen molar-refractivity contribution in [2.24, 2.45) is 0 Å². The van der Waals surface area contributed by atoms with Gasteiger partial charge in [0.1, 0.15) is 0 Å². The van der Waals surface area contributed by atoms with Crippen LogP contribution in [0.4, 0.5) is 0 Å². The maximum Gasteiger partial charge on any atom is 0.0979 e. The molecule has 1 heterocycles. The molecule has 1 aromatic heterocycles. The highest BCUT2D eigenvalue weighted by molar-refractivity contribution is 5.61. The lowest BCUT2D eigenvalue weighted by Gasteiger charge is -1.99. The van der Waals surface area contributed by atoms with Crippen LogP contribution in [0.1, 0.15) is 5.56 Å². The number of nitrogens with one attached hydrogen (secondary N) is 1. The first-order valence-electron chi connectivity index (χ1n) is 3.85. The highest BCUT2D eigenvalue weighted by Crippen LogP contribution is 2.18. The molecule has 0 saturated heterocycles. The summed E-state index contributed by atoms with van der Waals surface area (Å²) in [6, 6.07) is 8.14. The summed E-state index contributed by atoms with van der Waals surface area (Å²) in [6.07, 6.45) is 4.60. The molecule has 2 nitrogen and oxygen atoms in total. The largest absolute Gasteiger partial charge is 0.343 e. The highest BCUT2D eigenvalue weighted by atomic mass is 14.9. The Kier molecular flexibility index (Phi) is 1.67. The molecular weight excluding hydrogens is 148 g/mol. The number of rotatable bonds is 1. The molecule has 0 saturated carbocycles. The molecule has 1 radical (unpaired) electrons. The number of nitrogens with zero attached hydrogens (tertiary/aromatic N) is 1. The number of aromatic amines is 1. The summed E-state index contributed by atoms with van der Waals surface area (Å²) in [5.74, 6) is 0. The smallest absolute Gasteiger partial charge is 0.0979 e. The van der Waals surface area contributed by atoms with Gasteiger partial charge in [-0.1, -0.05) is 24.3 Å². The first-order valence-corrected chi connectivity index (χ1v) is 3.85. The predicted molar refractivity (Wildman–Crippen MR) is 47.6 cm³/mol. The summed E-state index contributed by atoms with van der Waals surface area (Å²) >= 11 is 0. The van der Waals surface area contributed by atoms with E-state index in [-0.39, 0.29) is 0 Å². The molecule has 0 aliphatic heterocycles. The Labute approximate surface area is 71.3 Å². The zero-order valence-corrected chi connectivity index (χ0v) is 6.83. The Bertz CT molecular complexity index is 363. The third kappa shape index (κ3) is 1.11. The molecule has 2 rings (SSSR count). The molecule has 1 aromatic carbocycles. The Balaban J connectivity index is 2.55. The predicted octanol–water partition coefficient (Wildman–Crippen LogP) is 2.19. The molecule has 2 aromatic rings. The van der Waals surface area contributed by atoms with E-state index in [1.165, 1.54) is 5.56 Å². The molecule has 0 atom stereocenters. The third-order valence-corrected chi connectivity index (χ3v) is 1.85. The van der Waals surface area contributed by atoms with E-state index in [0.717, 1.165) is 11.3 Å². The maximum absolute atomic E-state index is 4.14. The van der Waals surface area contributed by atoms with E-state index in [4.69, 9.17) is 0 Å². The van der Waals surface area contributed by atoms with Gasteiger partial charge in [-0.3, -0.25) is 0 Å². The molecule has 0 aliphatic carbocycles. The first-order chi connectivity index (χ1) is 5.88. The average Bonchev–Trinajstić information content (AvgIpc) is 2.57. The normalized spacial score (nSPS) is 10.1. The summed E-state index contributed by atoms with van der Waals surface area (Å²) in [5.41, 5.74) is 3.24. The van der Waals surface area contributed by atoms with E-state index in [1.54, 1.807) is 6.33 Å². The van der Waals surface area contributed by atoms with Gasteiger partial charge < -0.3 is 4.98 Å². The van der Waals surface area contributed by atoms with Gasteiger partial charge in [-0.2, -0.15) is 0 Å². The van der Waals surface area contributed by atoms with Crippen LogP contribution in [0, 0.1) is 13.1 Å². The number of benzene rings is 1. The van der Waals surface area contributed by atoms with E-state index in [9.17, 15) is 0 Å². The van der Waals surface area contributed by atoms with E-state index < -0.39 is 0 Å². The molecule has 0 unspecified atom stereocenters. The Hall–Kier alpha value is -1.57. The molecule has 0 fully saturated rings. The summed E-state index contributed by atoms with van der Waals surface area (Å²) in [5, 5.41) is 0. The summed E-state index contributed by atoms with van der Waals surface area (Å²) in [7, 11) is 0. The van der Waals surface area contributed by atoms with Crippen LogP contribution in [-0.2, 0) is 0 Å². The van der Waals surface area contributed by atoms with Crippen LogP contribution in [0.15, 0.2) is 30.6 Å². The number of hydrogen-bond donors (Lipinski definition) is 1. The van der Waals surface area contributed by atoms with E-state index in [1.807, 2.05) is 18.2 Å².